The molecule has 0 aliphatic rings. The average molecular weight is 510 g/mol. The lowest BCUT2D eigenvalue weighted by Gasteiger charge is -2.17. The molecule has 0 aliphatic carbocycles. The van der Waals surface area contributed by atoms with Crippen LogP contribution in [0.15, 0.2) is 53.7 Å². The van der Waals surface area contributed by atoms with Crippen molar-refractivity contribution in [3.8, 4) is 11.1 Å². The van der Waals surface area contributed by atoms with Crippen molar-refractivity contribution < 1.29 is 14.6 Å². The van der Waals surface area contributed by atoms with Crippen LogP contribution in [-0.2, 0) is 35.6 Å². The molecule has 0 fully saturated rings. The van der Waals surface area contributed by atoms with Gasteiger partial charge in [0, 0.05) is 52.5 Å². The molecule has 0 unspecified atom stereocenters. The fourth-order valence-corrected chi connectivity index (χ4v) is 4.22. The number of rotatable bonds is 10. The fourth-order valence-electron chi connectivity index (χ4n) is 3.86. The van der Waals surface area contributed by atoms with E-state index in [1.165, 1.54) is 0 Å². The van der Waals surface area contributed by atoms with E-state index in [1.54, 1.807) is 24.8 Å². The quantitative estimate of drug-likeness (QED) is 0.332. The Morgan fingerprint density at radius 2 is 2.03 bits per heavy atom. The topological polar surface area (TPSA) is 102 Å². The van der Waals surface area contributed by atoms with E-state index in [0.717, 1.165) is 50.2 Å². The summed E-state index contributed by atoms with van der Waals surface area (Å²) in [6, 6.07) is 6.15. The van der Waals surface area contributed by atoms with E-state index in [0.29, 0.717) is 19.4 Å². The van der Waals surface area contributed by atoms with Crippen LogP contribution in [0, 0.1) is 0 Å². The summed E-state index contributed by atoms with van der Waals surface area (Å²) < 4.78 is 8.79. The molecule has 0 radical (unpaired) electrons. The predicted octanol–water partition coefficient (Wildman–Crippen LogP) is 4.64. The molecule has 0 atom stereocenters. The molecule has 170 valence electrons. The number of fused-ring (bicyclic) bond motifs is 1. The number of carboxylic acids is 1. The van der Waals surface area contributed by atoms with Crippen molar-refractivity contribution in [1.29, 1.82) is 0 Å². The van der Waals surface area contributed by atoms with Gasteiger partial charge >= 0.3 is 5.97 Å². The highest BCUT2D eigenvalue weighted by molar-refractivity contribution is 9.10. The van der Waals surface area contributed by atoms with Crippen LogP contribution >= 0.6 is 15.9 Å². The van der Waals surface area contributed by atoms with Gasteiger partial charge in [-0.1, -0.05) is 6.92 Å². The molecule has 4 aromatic heterocycles. The predicted molar refractivity (Wildman–Crippen MR) is 127 cm³/mol. The maximum atomic E-state index is 11.2. The second-order valence-corrected chi connectivity index (χ2v) is 8.52. The van der Waals surface area contributed by atoms with Crippen LogP contribution in [0.2, 0.25) is 0 Å². The summed E-state index contributed by atoms with van der Waals surface area (Å²) in [6.07, 6.45) is 10.5. The third kappa shape index (κ3) is 5.43. The number of pyridine rings is 1. The maximum Gasteiger partial charge on any atom is 0.303 e. The monoisotopic (exact) mass is 509 g/mol. The van der Waals surface area contributed by atoms with Gasteiger partial charge in [0.05, 0.1) is 36.3 Å². The standard InChI is InChI=1S/C24H24BrN5O3/c1-2-19-6-7-22-24(16-10-17(25)12-27-11-16)20(4-3-5-23(31)32)21(29-30(19)22)15-33-14-18-13-26-8-9-28-18/h6-13H,2-5,14-15H2,1H3,(H,31,32). The van der Waals surface area contributed by atoms with Crippen molar-refractivity contribution in [1.82, 2.24) is 24.6 Å². The molecular formula is C24H24BrN5O3. The number of halogens is 1. The zero-order valence-electron chi connectivity index (χ0n) is 18.2. The minimum atomic E-state index is -0.814. The van der Waals surface area contributed by atoms with Gasteiger partial charge in [-0.3, -0.25) is 19.7 Å². The van der Waals surface area contributed by atoms with Gasteiger partial charge in [0.2, 0.25) is 0 Å². The Kier molecular flexibility index (Phi) is 7.41. The summed E-state index contributed by atoms with van der Waals surface area (Å²) in [6.45, 7) is 2.67. The first-order chi connectivity index (χ1) is 16.1. The Hall–Kier alpha value is -3.17. The highest BCUT2D eigenvalue weighted by Gasteiger charge is 2.19. The number of aromatic nitrogens is 5. The highest BCUT2D eigenvalue weighted by atomic mass is 79.9. The average Bonchev–Trinajstić information content (AvgIpc) is 3.22. The molecule has 0 aliphatic heterocycles. The van der Waals surface area contributed by atoms with Crippen molar-refractivity contribution in [2.24, 2.45) is 0 Å². The molecule has 0 amide bonds. The third-order valence-electron chi connectivity index (χ3n) is 5.34. The van der Waals surface area contributed by atoms with E-state index in [-0.39, 0.29) is 13.0 Å². The Balaban J connectivity index is 1.79. The number of carboxylic acid groups (broad SMARTS) is 1. The molecular weight excluding hydrogens is 486 g/mol. The molecule has 8 nitrogen and oxygen atoms in total. The fraction of sp³-hybridized carbons (Fsp3) is 0.292. The first-order valence-corrected chi connectivity index (χ1v) is 11.5. The van der Waals surface area contributed by atoms with Crippen LogP contribution in [0.3, 0.4) is 0 Å². The van der Waals surface area contributed by atoms with Crippen molar-refractivity contribution >= 4 is 27.4 Å². The molecule has 4 aromatic rings. The number of ether oxygens (including phenoxy) is 1. The zero-order chi connectivity index (χ0) is 23.2. The van der Waals surface area contributed by atoms with Crippen LogP contribution < -0.4 is 0 Å². The molecule has 4 rings (SSSR count). The van der Waals surface area contributed by atoms with Crippen LogP contribution in [0.4, 0.5) is 0 Å². The van der Waals surface area contributed by atoms with Crippen LogP contribution in [0.1, 0.15) is 42.4 Å². The first-order valence-electron chi connectivity index (χ1n) is 10.7. The van der Waals surface area contributed by atoms with E-state index in [4.69, 9.17) is 9.84 Å². The molecule has 9 heteroatoms. The summed E-state index contributed by atoms with van der Waals surface area (Å²) in [5, 5.41) is 14.1. The summed E-state index contributed by atoms with van der Waals surface area (Å²) in [5.41, 5.74) is 6.48. The summed E-state index contributed by atoms with van der Waals surface area (Å²) in [7, 11) is 0. The van der Waals surface area contributed by atoms with Gasteiger partial charge in [-0.25, -0.2) is 4.52 Å². The molecule has 0 saturated heterocycles. The normalized spacial score (nSPS) is 11.2. The van der Waals surface area contributed by atoms with Crippen LogP contribution in [0.25, 0.3) is 16.6 Å². The van der Waals surface area contributed by atoms with Gasteiger partial charge in [0.25, 0.3) is 0 Å². The lowest BCUT2D eigenvalue weighted by Crippen LogP contribution is -2.11. The van der Waals surface area contributed by atoms with Gasteiger partial charge in [-0.2, -0.15) is 5.10 Å². The third-order valence-corrected chi connectivity index (χ3v) is 5.77. The van der Waals surface area contributed by atoms with Crippen LogP contribution in [0.5, 0.6) is 0 Å². The Morgan fingerprint density at radius 3 is 2.76 bits per heavy atom. The summed E-state index contributed by atoms with van der Waals surface area (Å²) in [5.74, 6) is -0.814. The number of aryl methyl sites for hydroxylation is 1. The molecule has 0 saturated carbocycles. The first kappa shape index (κ1) is 23.0. The lowest BCUT2D eigenvalue weighted by molar-refractivity contribution is -0.137. The number of aliphatic carboxylic acids is 1. The highest BCUT2D eigenvalue weighted by Crippen LogP contribution is 2.33. The second-order valence-electron chi connectivity index (χ2n) is 7.60. The van der Waals surface area contributed by atoms with Gasteiger partial charge in [-0.05, 0) is 59.0 Å². The SMILES string of the molecule is CCc1ccc2c(-c3cncc(Br)c3)c(CCCC(=O)O)c(COCc3cnccn3)nn12. The van der Waals surface area contributed by atoms with Crippen molar-refractivity contribution in [3.05, 3.63) is 76.3 Å². The van der Waals surface area contributed by atoms with Gasteiger partial charge < -0.3 is 9.84 Å². The Bertz CT molecular complexity index is 1260. The number of hydrogen-bond acceptors (Lipinski definition) is 6. The summed E-state index contributed by atoms with van der Waals surface area (Å²) in [4.78, 5) is 23.9. The minimum Gasteiger partial charge on any atom is -0.481 e. The Morgan fingerprint density at radius 1 is 1.15 bits per heavy atom. The van der Waals surface area contributed by atoms with E-state index >= 15 is 0 Å². The maximum absolute atomic E-state index is 11.2. The largest absolute Gasteiger partial charge is 0.481 e. The van der Waals surface area contributed by atoms with E-state index in [9.17, 15) is 9.90 Å². The summed E-state index contributed by atoms with van der Waals surface area (Å²) >= 11 is 3.52. The number of carbonyl (C=O) groups is 1. The van der Waals surface area contributed by atoms with Crippen LogP contribution in [-0.4, -0.2) is 35.6 Å². The van der Waals surface area contributed by atoms with E-state index < -0.39 is 5.97 Å². The van der Waals surface area contributed by atoms with Crippen molar-refractivity contribution in [3.63, 3.8) is 0 Å². The van der Waals surface area contributed by atoms with Gasteiger partial charge in [0.1, 0.15) is 0 Å². The Labute approximate surface area is 199 Å². The van der Waals surface area contributed by atoms with Crippen molar-refractivity contribution in [2.75, 3.05) is 0 Å². The second kappa shape index (κ2) is 10.6. The zero-order valence-corrected chi connectivity index (χ0v) is 19.8. The van der Waals surface area contributed by atoms with E-state index in [1.807, 2.05) is 16.8 Å². The molecule has 33 heavy (non-hydrogen) atoms. The number of nitrogens with zero attached hydrogens (tertiary/aromatic N) is 5. The molecule has 0 spiro atoms. The number of hydrogen-bond donors (Lipinski definition) is 1. The molecule has 4 heterocycles. The van der Waals surface area contributed by atoms with Gasteiger partial charge in [-0.15, -0.1) is 0 Å². The van der Waals surface area contributed by atoms with Crippen molar-refractivity contribution in [2.45, 2.75) is 45.8 Å². The molecule has 0 aromatic carbocycles. The molecule has 0 bridgehead atoms. The van der Waals surface area contributed by atoms with Gasteiger partial charge in [0.15, 0.2) is 0 Å². The van der Waals surface area contributed by atoms with E-state index in [2.05, 4.69) is 49.9 Å². The minimum absolute atomic E-state index is 0.0858. The smallest absolute Gasteiger partial charge is 0.303 e. The molecule has 1 N–H and O–H groups in total. The lowest BCUT2D eigenvalue weighted by atomic mass is 9.95.